The smallest absolute Gasteiger partial charge is 0.228 e. The zero-order valence-corrected chi connectivity index (χ0v) is 19.1. The van der Waals surface area contributed by atoms with Gasteiger partial charge in [-0.3, -0.25) is 4.57 Å². The van der Waals surface area contributed by atoms with Crippen LogP contribution >= 0.6 is 0 Å². The second-order valence-electron chi connectivity index (χ2n) is 7.77. The van der Waals surface area contributed by atoms with Crippen molar-refractivity contribution in [1.29, 1.82) is 0 Å². The highest BCUT2D eigenvalue weighted by atomic mass is 16.5. The van der Waals surface area contributed by atoms with Crippen molar-refractivity contribution in [1.82, 2.24) is 19.5 Å². The summed E-state index contributed by atoms with van der Waals surface area (Å²) >= 11 is 0. The average Bonchev–Trinajstić information content (AvgIpc) is 3.32. The van der Waals surface area contributed by atoms with Crippen molar-refractivity contribution in [3.63, 3.8) is 0 Å². The summed E-state index contributed by atoms with van der Waals surface area (Å²) < 4.78 is 18.8. The van der Waals surface area contributed by atoms with Crippen molar-refractivity contribution in [3.8, 4) is 11.5 Å². The van der Waals surface area contributed by atoms with Crippen LogP contribution in [0.1, 0.15) is 39.0 Å². The SMILES string of the molecule is CCOc1ccc(/C=N/Nc2nc3c(N)ncnc3n2C2OC(CC)C(C)C2O)cc1OC. The molecule has 11 heteroatoms. The van der Waals surface area contributed by atoms with Gasteiger partial charge in [0.25, 0.3) is 0 Å². The quantitative estimate of drug-likeness (QED) is 0.345. The van der Waals surface area contributed by atoms with Crippen molar-refractivity contribution in [2.24, 2.45) is 11.0 Å². The molecular formula is C22H29N7O4. The van der Waals surface area contributed by atoms with Crippen LogP contribution in [0.5, 0.6) is 11.5 Å². The predicted octanol–water partition coefficient (Wildman–Crippen LogP) is 2.57. The van der Waals surface area contributed by atoms with Gasteiger partial charge in [0, 0.05) is 5.92 Å². The molecule has 0 bridgehead atoms. The number of imidazole rings is 1. The fourth-order valence-corrected chi connectivity index (χ4v) is 3.99. The fraction of sp³-hybridized carbons (Fsp3) is 0.455. The summed E-state index contributed by atoms with van der Waals surface area (Å²) in [6.07, 6.45) is 2.24. The zero-order chi connectivity index (χ0) is 23.5. The second kappa shape index (κ2) is 9.59. The van der Waals surface area contributed by atoms with E-state index in [1.807, 2.05) is 39.0 Å². The Morgan fingerprint density at radius 1 is 1.30 bits per heavy atom. The molecule has 176 valence electrons. The maximum absolute atomic E-state index is 10.9. The molecule has 3 aromatic rings. The van der Waals surface area contributed by atoms with E-state index in [0.717, 1.165) is 12.0 Å². The molecule has 4 unspecified atom stereocenters. The average molecular weight is 456 g/mol. The van der Waals surface area contributed by atoms with Crippen LogP contribution in [0.2, 0.25) is 0 Å². The first-order valence-corrected chi connectivity index (χ1v) is 10.9. The van der Waals surface area contributed by atoms with Crippen molar-refractivity contribution in [3.05, 3.63) is 30.1 Å². The van der Waals surface area contributed by atoms with Crippen molar-refractivity contribution >= 4 is 29.1 Å². The zero-order valence-electron chi connectivity index (χ0n) is 19.1. The minimum absolute atomic E-state index is 0.0516. The number of hydrogen-bond acceptors (Lipinski definition) is 10. The van der Waals surface area contributed by atoms with Crippen LogP contribution in [0.4, 0.5) is 11.8 Å². The maximum atomic E-state index is 10.9. The fourth-order valence-electron chi connectivity index (χ4n) is 3.99. The maximum Gasteiger partial charge on any atom is 0.228 e. The molecule has 0 amide bonds. The molecule has 0 saturated carbocycles. The van der Waals surface area contributed by atoms with Gasteiger partial charge in [-0.15, -0.1) is 0 Å². The lowest BCUT2D eigenvalue weighted by Crippen LogP contribution is -2.25. The van der Waals surface area contributed by atoms with E-state index in [9.17, 15) is 5.11 Å². The first kappa shape index (κ1) is 22.7. The Kier molecular flexibility index (Phi) is 6.61. The lowest BCUT2D eigenvalue weighted by molar-refractivity contribution is -0.0343. The number of benzene rings is 1. The number of aliphatic hydroxyl groups is 1. The molecule has 0 radical (unpaired) electrons. The molecule has 1 fully saturated rings. The number of fused-ring (bicyclic) bond motifs is 1. The normalized spacial score (nSPS) is 22.8. The summed E-state index contributed by atoms with van der Waals surface area (Å²) in [7, 11) is 1.59. The molecule has 1 saturated heterocycles. The molecule has 2 aromatic heterocycles. The minimum atomic E-state index is -0.747. The number of hydrogen-bond donors (Lipinski definition) is 3. The van der Waals surface area contributed by atoms with Gasteiger partial charge in [0.05, 0.1) is 26.0 Å². The number of nitrogens with two attached hydrogens (primary N) is 1. The number of aliphatic hydroxyl groups excluding tert-OH is 1. The third kappa shape index (κ3) is 4.29. The van der Waals surface area contributed by atoms with Gasteiger partial charge in [0.2, 0.25) is 5.95 Å². The molecule has 3 heterocycles. The van der Waals surface area contributed by atoms with E-state index in [1.165, 1.54) is 6.33 Å². The van der Waals surface area contributed by atoms with Gasteiger partial charge in [0.15, 0.2) is 34.7 Å². The summed E-state index contributed by atoms with van der Waals surface area (Å²) in [6.45, 7) is 6.44. The Labute approximate surface area is 191 Å². The van der Waals surface area contributed by atoms with Gasteiger partial charge in [0.1, 0.15) is 12.4 Å². The number of rotatable bonds is 8. The summed E-state index contributed by atoms with van der Waals surface area (Å²) in [5.41, 5.74) is 10.6. The van der Waals surface area contributed by atoms with Crippen molar-refractivity contribution < 1.29 is 19.3 Å². The summed E-state index contributed by atoms with van der Waals surface area (Å²) in [4.78, 5) is 12.9. The van der Waals surface area contributed by atoms with E-state index in [1.54, 1.807) is 17.9 Å². The van der Waals surface area contributed by atoms with Gasteiger partial charge in [-0.2, -0.15) is 5.10 Å². The molecule has 1 aliphatic rings. The highest BCUT2D eigenvalue weighted by molar-refractivity contribution is 5.85. The molecule has 0 aliphatic carbocycles. The Morgan fingerprint density at radius 2 is 2.12 bits per heavy atom. The van der Waals surface area contributed by atoms with Crippen LogP contribution in [-0.2, 0) is 4.74 Å². The number of nitrogen functional groups attached to an aromatic ring is 1. The van der Waals surface area contributed by atoms with E-state index < -0.39 is 12.3 Å². The largest absolute Gasteiger partial charge is 0.493 e. The Hall–Kier alpha value is -3.44. The summed E-state index contributed by atoms with van der Waals surface area (Å²) in [5, 5.41) is 15.2. The lowest BCUT2D eigenvalue weighted by atomic mass is 9.99. The van der Waals surface area contributed by atoms with Gasteiger partial charge < -0.3 is 25.1 Å². The number of methoxy groups -OCH3 is 1. The molecule has 0 spiro atoms. The van der Waals surface area contributed by atoms with Crippen LogP contribution in [0.15, 0.2) is 29.6 Å². The molecule has 1 aliphatic heterocycles. The number of anilines is 2. The highest BCUT2D eigenvalue weighted by Gasteiger charge is 2.42. The minimum Gasteiger partial charge on any atom is -0.493 e. The molecule has 33 heavy (non-hydrogen) atoms. The summed E-state index contributed by atoms with van der Waals surface area (Å²) in [6, 6.07) is 5.51. The number of ether oxygens (including phenoxy) is 3. The molecule has 4 atom stereocenters. The van der Waals surface area contributed by atoms with Crippen LogP contribution in [0, 0.1) is 5.92 Å². The number of aromatic nitrogens is 4. The van der Waals surface area contributed by atoms with E-state index in [4.69, 9.17) is 19.9 Å². The third-order valence-corrected chi connectivity index (χ3v) is 5.76. The van der Waals surface area contributed by atoms with Crippen LogP contribution in [0.3, 0.4) is 0 Å². The lowest BCUT2D eigenvalue weighted by Gasteiger charge is -2.19. The number of nitrogens with zero attached hydrogens (tertiary/aromatic N) is 5. The first-order valence-electron chi connectivity index (χ1n) is 10.9. The van der Waals surface area contributed by atoms with Crippen molar-refractivity contribution in [2.45, 2.75) is 45.6 Å². The second-order valence-corrected chi connectivity index (χ2v) is 7.77. The molecular weight excluding hydrogens is 426 g/mol. The number of nitrogens with one attached hydrogen (secondary N) is 1. The van der Waals surface area contributed by atoms with Crippen molar-refractivity contribution in [2.75, 3.05) is 24.9 Å². The van der Waals surface area contributed by atoms with Gasteiger partial charge >= 0.3 is 0 Å². The Bertz CT molecular complexity index is 1150. The number of hydrazone groups is 1. The van der Waals surface area contributed by atoms with Gasteiger partial charge in [-0.25, -0.2) is 20.4 Å². The Balaban J connectivity index is 1.66. The summed E-state index contributed by atoms with van der Waals surface area (Å²) in [5.74, 6) is 1.78. The van der Waals surface area contributed by atoms with Crippen LogP contribution in [0.25, 0.3) is 11.2 Å². The van der Waals surface area contributed by atoms with Crippen LogP contribution in [-0.4, -0.2) is 56.8 Å². The Morgan fingerprint density at radius 3 is 2.82 bits per heavy atom. The van der Waals surface area contributed by atoms with E-state index in [0.29, 0.717) is 35.2 Å². The van der Waals surface area contributed by atoms with E-state index in [2.05, 4.69) is 25.5 Å². The highest BCUT2D eigenvalue weighted by Crippen LogP contribution is 2.39. The molecule has 1 aromatic carbocycles. The molecule has 4 N–H and O–H groups in total. The predicted molar refractivity (Wildman–Crippen MR) is 124 cm³/mol. The van der Waals surface area contributed by atoms with E-state index in [-0.39, 0.29) is 17.8 Å². The topological polar surface area (TPSA) is 142 Å². The third-order valence-electron chi connectivity index (χ3n) is 5.76. The van der Waals surface area contributed by atoms with E-state index >= 15 is 0 Å². The molecule has 11 nitrogen and oxygen atoms in total. The van der Waals surface area contributed by atoms with Gasteiger partial charge in [-0.05, 0) is 37.1 Å². The standard InChI is InChI=1S/C22H29N7O4/c1-5-14-12(3)18(30)21(33-14)29-20-17(19(23)24-11-25-20)27-22(29)28-26-10-13-7-8-15(32-6-2)16(9-13)31-4/h7-12,14,18,21,30H,5-6H2,1-4H3,(H,27,28)(H2,23,24,25)/b26-10+. The first-order chi connectivity index (χ1) is 16.0. The monoisotopic (exact) mass is 455 g/mol. The van der Waals surface area contributed by atoms with Crippen LogP contribution < -0.4 is 20.6 Å². The van der Waals surface area contributed by atoms with Gasteiger partial charge in [-0.1, -0.05) is 13.8 Å². The molecule has 4 rings (SSSR count).